The lowest BCUT2D eigenvalue weighted by Gasteiger charge is -2.20. The molecule has 0 aliphatic heterocycles. The zero-order valence-corrected chi connectivity index (χ0v) is 13.2. The highest BCUT2D eigenvalue weighted by molar-refractivity contribution is 5.40. The van der Waals surface area contributed by atoms with Crippen molar-refractivity contribution in [2.75, 3.05) is 0 Å². The van der Waals surface area contributed by atoms with E-state index >= 15 is 0 Å². The third-order valence-electron chi connectivity index (χ3n) is 3.12. The summed E-state index contributed by atoms with van der Waals surface area (Å²) in [5.41, 5.74) is -0.0419. The van der Waals surface area contributed by atoms with Crippen molar-refractivity contribution >= 4 is 0 Å². The second-order valence-corrected chi connectivity index (χ2v) is 6.14. The summed E-state index contributed by atoms with van der Waals surface area (Å²) in [4.78, 5) is 0. The van der Waals surface area contributed by atoms with Gasteiger partial charge in [-0.15, -0.1) is 13.2 Å². The molecule has 0 aromatic heterocycles. The molecule has 0 saturated carbocycles. The van der Waals surface area contributed by atoms with Gasteiger partial charge in [0, 0.05) is 6.07 Å². The summed E-state index contributed by atoms with van der Waals surface area (Å²) in [6.07, 6.45) is -4.87. The Balaban J connectivity index is 2.30. The predicted molar refractivity (Wildman–Crippen MR) is 78.3 cm³/mol. The van der Waals surface area contributed by atoms with Gasteiger partial charge in [-0.25, -0.2) is 8.78 Å². The molecule has 0 aliphatic carbocycles. The summed E-state index contributed by atoms with van der Waals surface area (Å²) in [6, 6.07) is 6.69. The van der Waals surface area contributed by atoms with E-state index in [4.69, 9.17) is 4.74 Å². The van der Waals surface area contributed by atoms with Gasteiger partial charge < -0.3 is 9.47 Å². The molecule has 7 heteroatoms. The van der Waals surface area contributed by atoms with Gasteiger partial charge in [0.15, 0.2) is 17.4 Å². The molecule has 0 spiro atoms. The van der Waals surface area contributed by atoms with E-state index in [0.717, 1.165) is 24.3 Å². The zero-order chi connectivity index (χ0) is 18.1. The first-order valence-electron chi connectivity index (χ1n) is 6.99. The van der Waals surface area contributed by atoms with Crippen LogP contribution in [0.5, 0.6) is 17.2 Å². The molecular formula is C17H15F5O2. The van der Waals surface area contributed by atoms with E-state index in [1.165, 1.54) is 12.1 Å². The molecule has 0 aliphatic rings. The summed E-state index contributed by atoms with van der Waals surface area (Å²) in [5.74, 6) is -3.30. The molecule has 24 heavy (non-hydrogen) atoms. The summed E-state index contributed by atoms with van der Waals surface area (Å²) in [5, 5.41) is 0. The molecule has 0 fully saturated rings. The fourth-order valence-electron chi connectivity index (χ4n) is 1.94. The first-order valence-corrected chi connectivity index (χ1v) is 6.99. The van der Waals surface area contributed by atoms with Gasteiger partial charge in [-0.3, -0.25) is 0 Å². The molecule has 0 heterocycles. The molecule has 2 aromatic rings. The molecule has 2 nitrogen and oxygen atoms in total. The molecular weight excluding hydrogens is 331 g/mol. The molecule has 2 rings (SSSR count). The monoisotopic (exact) mass is 346 g/mol. The summed E-state index contributed by atoms with van der Waals surface area (Å²) < 4.78 is 73.7. The van der Waals surface area contributed by atoms with Gasteiger partial charge >= 0.3 is 6.36 Å². The largest absolute Gasteiger partial charge is 0.573 e. The van der Waals surface area contributed by atoms with Gasteiger partial charge in [-0.1, -0.05) is 26.8 Å². The summed E-state index contributed by atoms with van der Waals surface area (Å²) >= 11 is 0. The fourth-order valence-corrected chi connectivity index (χ4v) is 1.94. The van der Waals surface area contributed by atoms with Crippen LogP contribution >= 0.6 is 0 Å². The van der Waals surface area contributed by atoms with E-state index in [1.54, 1.807) is 20.8 Å². The second-order valence-electron chi connectivity index (χ2n) is 6.14. The van der Waals surface area contributed by atoms with Gasteiger partial charge in [0.25, 0.3) is 0 Å². The average molecular weight is 346 g/mol. The van der Waals surface area contributed by atoms with E-state index in [0.29, 0.717) is 5.56 Å². The Hall–Kier alpha value is -2.31. The second kappa shape index (κ2) is 6.30. The Labute approximate surface area is 135 Å². The quantitative estimate of drug-likeness (QED) is 0.639. The molecule has 130 valence electrons. The van der Waals surface area contributed by atoms with Gasteiger partial charge in [0.1, 0.15) is 11.5 Å². The Morgan fingerprint density at radius 2 is 1.38 bits per heavy atom. The molecule has 0 saturated heterocycles. The minimum absolute atomic E-state index is 0.182. The first kappa shape index (κ1) is 18.0. The molecule has 2 aromatic carbocycles. The topological polar surface area (TPSA) is 18.5 Å². The van der Waals surface area contributed by atoms with Crippen molar-refractivity contribution in [3.05, 3.63) is 53.6 Å². The van der Waals surface area contributed by atoms with Crippen LogP contribution in [0.4, 0.5) is 22.0 Å². The van der Waals surface area contributed by atoms with E-state index < -0.39 is 34.9 Å². The van der Waals surface area contributed by atoms with Gasteiger partial charge in [0.05, 0.1) is 0 Å². The highest BCUT2D eigenvalue weighted by Gasteiger charge is 2.31. The molecule has 0 amide bonds. The van der Waals surface area contributed by atoms with E-state index in [-0.39, 0.29) is 5.75 Å². The summed E-state index contributed by atoms with van der Waals surface area (Å²) in [7, 11) is 0. The number of alkyl halides is 3. The van der Waals surface area contributed by atoms with E-state index in [9.17, 15) is 22.0 Å². The Bertz CT molecular complexity index is 709. The maximum atomic E-state index is 14.1. The van der Waals surface area contributed by atoms with Crippen LogP contribution in [0.2, 0.25) is 0 Å². The Morgan fingerprint density at radius 3 is 1.88 bits per heavy atom. The molecule has 0 N–H and O–H groups in total. The fraction of sp³-hybridized carbons (Fsp3) is 0.294. The first-order chi connectivity index (χ1) is 11.0. The number of benzene rings is 2. The lowest BCUT2D eigenvalue weighted by atomic mass is 9.87. The normalized spacial score (nSPS) is 12.2. The van der Waals surface area contributed by atoms with Crippen LogP contribution in [-0.2, 0) is 5.41 Å². The highest BCUT2D eigenvalue weighted by atomic mass is 19.4. The molecule has 0 unspecified atom stereocenters. The van der Waals surface area contributed by atoms with Crippen molar-refractivity contribution in [1.29, 1.82) is 0 Å². The predicted octanol–water partition coefficient (Wildman–Crippen LogP) is 5.95. The lowest BCUT2D eigenvalue weighted by molar-refractivity contribution is -0.274. The number of hydrogen-bond donors (Lipinski definition) is 0. The molecule has 0 atom stereocenters. The van der Waals surface area contributed by atoms with Crippen LogP contribution in [-0.4, -0.2) is 6.36 Å². The van der Waals surface area contributed by atoms with Crippen LogP contribution in [0, 0.1) is 11.6 Å². The molecule has 0 bridgehead atoms. The third-order valence-corrected chi connectivity index (χ3v) is 3.12. The number of hydrogen-bond acceptors (Lipinski definition) is 2. The minimum atomic E-state index is -4.87. The van der Waals surface area contributed by atoms with Crippen LogP contribution in [0.25, 0.3) is 0 Å². The van der Waals surface area contributed by atoms with Crippen molar-refractivity contribution in [1.82, 2.24) is 0 Å². The van der Waals surface area contributed by atoms with Crippen molar-refractivity contribution in [3.8, 4) is 17.2 Å². The number of ether oxygens (including phenoxy) is 2. The third kappa shape index (κ3) is 4.59. The Morgan fingerprint density at radius 1 is 0.833 bits per heavy atom. The van der Waals surface area contributed by atoms with Gasteiger partial charge in [-0.2, -0.15) is 0 Å². The summed E-state index contributed by atoms with van der Waals surface area (Å²) in [6.45, 7) is 5.37. The zero-order valence-electron chi connectivity index (χ0n) is 13.2. The Kier molecular flexibility index (Phi) is 4.73. The lowest BCUT2D eigenvalue weighted by Crippen LogP contribution is -2.17. The van der Waals surface area contributed by atoms with Crippen LogP contribution in [0.3, 0.4) is 0 Å². The number of halogens is 5. The maximum Gasteiger partial charge on any atom is 0.573 e. The maximum absolute atomic E-state index is 14.1. The van der Waals surface area contributed by atoms with Crippen molar-refractivity contribution < 1.29 is 31.4 Å². The molecule has 0 radical (unpaired) electrons. The van der Waals surface area contributed by atoms with Crippen molar-refractivity contribution in [3.63, 3.8) is 0 Å². The number of rotatable bonds is 3. The van der Waals surface area contributed by atoms with E-state index in [2.05, 4.69) is 4.74 Å². The van der Waals surface area contributed by atoms with Crippen LogP contribution in [0.15, 0.2) is 36.4 Å². The van der Waals surface area contributed by atoms with Crippen molar-refractivity contribution in [2.24, 2.45) is 0 Å². The standard InChI is InChI=1S/C17H15F5O2/c1-16(2,3)10-7-13(18)15(14(19)8-10)23-11-5-4-6-12(9-11)24-17(20,21)22/h4-9H,1-3H3. The van der Waals surface area contributed by atoms with Gasteiger partial charge in [0.2, 0.25) is 0 Å². The van der Waals surface area contributed by atoms with Crippen LogP contribution < -0.4 is 9.47 Å². The average Bonchev–Trinajstić information content (AvgIpc) is 2.40. The van der Waals surface area contributed by atoms with Crippen LogP contribution in [0.1, 0.15) is 26.3 Å². The van der Waals surface area contributed by atoms with E-state index in [1.807, 2.05) is 0 Å². The van der Waals surface area contributed by atoms with Crippen molar-refractivity contribution in [2.45, 2.75) is 32.5 Å². The highest BCUT2D eigenvalue weighted by Crippen LogP contribution is 2.34. The van der Waals surface area contributed by atoms with Gasteiger partial charge in [-0.05, 0) is 35.2 Å². The minimum Gasteiger partial charge on any atom is -0.451 e. The smallest absolute Gasteiger partial charge is 0.451 e. The SMILES string of the molecule is CC(C)(C)c1cc(F)c(Oc2cccc(OC(F)(F)F)c2)c(F)c1.